The van der Waals surface area contributed by atoms with Crippen molar-refractivity contribution in [2.45, 2.75) is 13.3 Å². The second-order valence-electron chi connectivity index (χ2n) is 7.42. The van der Waals surface area contributed by atoms with E-state index in [-0.39, 0.29) is 11.8 Å². The number of benzene rings is 1. The minimum atomic E-state index is 0.0739. The lowest BCUT2D eigenvalue weighted by Gasteiger charge is -2.20. The molecular formula is C22H24N4O2. The Balaban J connectivity index is 1.49. The molecule has 0 spiro atoms. The van der Waals surface area contributed by atoms with E-state index in [1.165, 1.54) is 0 Å². The van der Waals surface area contributed by atoms with E-state index in [1.54, 1.807) is 23.5 Å². The van der Waals surface area contributed by atoms with Crippen LogP contribution in [0.5, 0.6) is 11.5 Å². The topological polar surface area (TPSA) is 58.6 Å². The first-order valence-corrected chi connectivity index (χ1v) is 9.46. The molecular weight excluding hydrogens is 352 g/mol. The lowest BCUT2D eigenvalue weighted by molar-refractivity contribution is -0.132. The fourth-order valence-electron chi connectivity index (χ4n) is 3.68. The zero-order chi connectivity index (χ0) is 19.7. The number of carbonyl (C=O) groups is 1. The standard InChI is InChI=1S/C22H24N4O2/c1-15-12-23-13-19-20(8-10-24-21(15)19)28-18-6-4-17(5-7-18)26-11-9-16(14-26)22(27)25(2)3/h4-8,10,12-13,16H,9,11,14H2,1-3H3/t16-/m0/s1. The van der Waals surface area contributed by atoms with E-state index in [4.69, 9.17) is 4.74 Å². The largest absolute Gasteiger partial charge is 0.457 e. The average Bonchev–Trinajstić information content (AvgIpc) is 3.19. The molecule has 0 aliphatic carbocycles. The summed E-state index contributed by atoms with van der Waals surface area (Å²) in [6.45, 7) is 3.65. The Morgan fingerprint density at radius 1 is 1.18 bits per heavy atom. The Bertz CT molecular complexity index is 1000. The van der Waals surface area contributed by atoms with Gasteiger partial charge in [-0.3, -0.25) is 14.8 Å². The Kier molecular flexibility index (Phi) is 4.86. The van der Waals surface area contributed by atoms with Gasteiger partial charge in [0.25, 0.3) is 0 Å². The summed E-state index contributed by atoms with van der Waals surface area (Å²) < 4.78 is 6.10. The first-order chi connectivity index (χ1) is 13.5. The van der Waals surface area contributed by atoms with E-state index in [1.807, 2.05) is 51.4 Å². The van der Waals surface area contributed by atoms with Crippen molar-refractivity contribution in [3.63, 3.8) is 0 Å². The molecule has 2 aromatic heterocycles. The molecule has 1 aromatic carbocycles. The molecule has 0 unspecified atom stereocenters. The molecule has 1 aliphatic heterocycles. The monoisotopic (exact) mass is 376 g/mol. The normalized spacial score (nSPS) is 16.4. The summed E-state index contributed by atoms with van der Waals surface area (Å²) in [5, 5.41) is 0.899. The van der Waals surface area contributed by atoms with E-state index >= 15 is 0 Å². The zero-order valence-corrected chi connectivity index (χ0v) is 16.4. The summed E-state index contributed by atoms with van der Waals surface area (Å²) in [4.78, 5) is 24.8. The van der Waals surface area contributed by atoms with Crippen LogP contribution >= 0.6 is 0 Å². The molecule has 1 aliphatic rings. The highest BCUT2D eigenvalue weighted by atomic mass is 16.5. The molecule has 0 saturated carbocycles. The lowest BCUT2D eigenvalue weighted by Crippen LogP contribution is -2.31. The van der Waals surface area contributed by atoms with Crippen molar-refractivity contribution in [1.29, 1.82) is 0 Å². The van der Waals surface area contributed by atoms with Crippen molar-refractivity contribution in [2.24, 2.45) is 5.92 Å². The Morgan fingerprint density at radius 2 is 1.96 bits per heavy atom. The number of rotatable bonds is 4. The van der Waals surface area contributed by atoms with Crippen LogP contribution in [-0.2, 0) is 4.79 Å². The van der Waals surface area contributed by atoms with Crippen molar-refractivity contribution >= 4 is 22.5 Å². The molecule has 1 fully saturated rings. The van der Waals surface area contributed by atoms with Gasteiger partial charge in [-0.05, 0) is 49.2 Å². The first kappa shape index (κ1) is 18.2. The average molecular weight is 376 g/mol. The van der Waals surface area contributed by atoms with Gasteiger partial charge < -0.3 is 14.5 Å². The highest BCUT2D eigenvalue weighted by Gasteiger charge is 2.29. The second kappa shape index (κ2) is 7.46. The number of carbonyl (C=O) groups excluding carboxylic acids is 1. The van der Waals surface area contributed by atoms with Crippen LogP contribution in [0.25, 0.3) is 10.9 Å². The number of pyridine rings is 2. The van der Waals surface area contributed by atoms with Crippen LogP contribution < -0.4 is 9.64 Å². The number of fused-ring (bicyclic) bond motifs is 1. The molecule has 3 heterocycles. The Morgan fingerprint density at radius 3 is 2.71 bits per heavy atom. The van der Waals surface area contributed by atoms with E-state index in [9.17, 15) is 4.79 Å². The predicted molar refractivity (Wildman–Crippen MR) is 110 cm³/mol. The summed E-state index contributed by atoms with van der Waals surface area (Å²) >= 11 is 0. The van der Waals surface area contributed by atoms with E-state index in [0.717, 1.165) is 53.2 Å². The SMILES string of the molecule is Cc1cncc2c(Oc3ccc(N4CC[C@H](C(=O)N(C)C)C4)cc3)ccnc12. The van der Waals surface area contributed by atoms with Gasteiger partial charge in [0.15, 0.2) is 0 Å². The van der Waals surface area contributed by atoms with Gasteiger partial charge in [-0.2, -0.15) is 0 Å². The van der Waals surface area contributed by atoms with Gasteiger partial charge in [0.1, 0.15) is 11.5 Å². The Hall–Kier alpha value is -3.15. The van der Waals surface area contributed by atoms with Gasteiger partial charge >= 0.3 is 0 Å². The molecule has 1 atom stereocenters. The fraction of sp³-hybridized carbons (Fsp3) is 0.318. The number of aromatic nitrogens is 2. The van der Waals surface area contributed by atoms with E-state index in [2.05, 4.69) is 14.9 Å². The van der Waals surface area contributed by atoms with Crippen molar-refractivity contribution < 1.29 is 9.53 Å². The molecule has 6 heteroatoms. The van der Waals surface area contributed by atoms with Crippen LogP contribution in [0.4, 0.5) is 5.69 Å². The highest BCUT2D eigenvalue weighted by Crippen LogP contribution is 2.31. The number of ether oxygens (including phenoxy) is 1. The smallest absolute Gasteiger partial charge is 0.227 e. The maximum Gasteiger partial charge on any atom is 0.227 e. The van der Waals surface area contributed by atoms with Gasteiger partial charge in [-0.25, -0.2) is 0 Å². The molecule has 0 radical (unpaired) electrons. The third-order valence-electron chi connectivity index (χ3n) is 5.20. The number of nitrogens with zero attached hydrogens (tertiary/aromatic N) is 4. The summed E-state index contributed by atoms with van der Waals surface area (Å²) in [6.07, 6.45) is 6.24. The predicted octanol–water partition coefficient (Wildman–Crippen LogP) is 3.65. The lowest BCUT2D eigenvalue weighted by atomic mass is 10.1. The number of anilines is 1. The molecule has 0 bridgehead atoms. The fourth-order valence-corrected chi connectivity index (χ4v) is 3.68. The second-order valence-corrected chi connectivity index (χ2v) is 7.42. The zero-order valence-electron chi connectivity index (χ0n) is 16.4. The number of amides is 1. The van der Waals surface area contributed by atoms with Gasteiger partial charge in [0, 0.05) is 51.5 Å². The van der Waals surface area contributed by atoms with Crippen molar-refractivity contribution in [2.75, 3.05) is 32.1 Å². The highest BCUT2D eigenvalue weighted by molar-refractivity contribution is 5.86. The van der Waals surface area contributed by atoms with Crippen molar-refractivity contribution in [3.05, 3.63) is 54.5 Å². The minimum absolute atomic E-state index is 0.0739. The molecule has 1 saturated heterocycles. The number of hydrogen-bond donors (Lipinski definition) is 0. The molecule has 6 nitrogen and oxygen atoms in total. The number of aryl methyl sites for hydroxylation is 1. The van der Waals surface area contributed by atoms with E-state index in [0.29, 0.717) is 0 Å². The minimum Gasteiger partial charge on any atom is -0.457 e. The number of hydrogen-bond acceptors (Lipinski definition) is 5. The van der Waals surface area contributed by atoms with E-state index < -0.39 is 0 Å². The molecule has 4 rings (SSSR count). The third kappa shape index (κ3) is 3.50. The third-order valence-corrected chi connectivity index (χ3v) is 5.20. The summed E-state index contributed by atoms with van der Waals surface area (Å²) in [5.74, 6) is 1.78. The van der Waals surface area contributed by atoms with Crippen LogP contribution in [0.15, 0.2) is 48.9 Å². The molecule has 3 aromatic rings. The quantitative estimate of drug-likeness (QED) is 0.696. The van der Waals surface area contributed by atoms with Gasteiger partial charge in [-0.1, -0.05) is 0 Å². The molecule has 0 N–H and O–H groups in total. The van der Waals surface area contributed by atoms with Crippen molar-refractivity contribution in [1.82, 2.24) is 14.9 Å². The first-order valence-electron chi connectivity index (χ1n) is 9.46. The molecule has 1 amide bonds. The maximum absolute atomic E-state index is 12.2. The maximum atomic E-state index is 12.2. The van der Waals surface area contributed by atoms with Gasteiger partial charge in [0.2, 0.25) is 5.91 Å². The van der Waals surface area contributed by atoms with Crippen molar-refractivity contribution in [3.8, 4) is 11.5 Å². The van der Waals surface area contributed by atoms with Gasteiger partial charge in [-0.15, -0.1) is 0 Å². The molecule has 28 heavy (non-hydrogen) atoms. The molecule has 144 valence electrons. The van der Waals surface area contributed by atoms with Crippen LogP contribution in [0.2, 0.25) is 0 Å². The van der Waals surface area contributed by atoms with Crippen LogP contribution in [0, 0.1) is 12.8 Å². The summed E-state index contributed by atoms with van der Waals surface area (Å²) in [6, 6.07) is 9.88. The van der Waals surface area contributed by atoms with Crippen LogP contribution in [-0.4, -0.2) is 48.0 Å². The van der Waals surface area contributed by atoms with Crippen LogP contribution in [0.3, 0.4) is 0 Å². The summed E-state index contributed by atoms with van der Waals surface area (Å²) in [5.41, 5.74) is 3.03. The van der Waals surface area contributed by atoms with Crippen LogP contribution in [0.1, 0.15) is 12.0 Å². The summed E-state index contributed by atoms with van der Waals surface area (Å²) in [7, 11) is 3.63. The Labute approximate surface area is 164 Å². The van der Waals surface area contributed by atoms with Gasteiger partial charge in [0.05, 0.1) is 16.8 Å².